The Morgan fingerprint density at radius 3 is 2.96 bits per heavy atom. The number of benzene rings is 1. The minimum absolute atomic E-state index is 0.183. The first kappa shape index (κ1) is 18.1. The van der Waals surface area contributed by atoms with Crippen LogP contribution in [0.3, 0.4) is 0 Å². The van der Waals surface area contributed by atoms with Crippen molar-refractivity contribution in [2.24, 2.45) is 15.9 Å². The first-order chi connectivity index (χ1) is 13.0. The van der Waals surface area contributed by atoms with Gasteiger partial charge in [0.25, 0.3) is 5.91 Å². The normalized spacial score (nSPS) is 30.1. The zero-order chi connectivity index (χ0) is 19.0. The molecule has 7 nitrogen and oxygen atoms in total. The zero-order valence-electron chi connectivity index (χ0n) is 14.5. The van der Waals surface area contributed by atoms with Crippen molar-refractivity contribution in [3.63, 3.8) is 0 Å². The number of phenols is 1. The largest absolute Gasteiger partial charge is 0.508 e. The van der Waals surface area contributed by atoms with Crippen LogP contribution < -0.4 is 10.6 Å². The molecule has 4 rings (SSSR count). The summed E-state index contributed by atoms with van der Waals surface area (Å²) in [5.41, 5.74) is 1.20. The third-order valence-electron chi connectivity index (χ3n) is 4.56. The number of rotatable bonds is 5. The van der Waals surface area contributed by atoms with Crippen molar-refractivity contribution in [3.8, 4) is 5.75 Å². The number of hydrogen-bond acceptors (Lipinski definition) is 7. The van der Waals surface area contributed by atoms with Crippen LogP contribution in [-0.2, 0) is 9.59 Å². The van der Waals surface area contributed by atoms with Gasteiger partial charge in [-0.05, 0) is 67.3 Å². The first-order valence-electron chi connectivity index (χ1n) is 8.51. The Balaban J connectivity index is 1.57. The van der Waals surface area contributed by atoms with Gasteiger partial charge in [-0.25, -0.2) is 4.99 Å². The van der Waals surface area contributed by atoms with E-state index < -0.39 is 0 Å². The Hall–Kier alpha value is -2.26. The Morgan fingerprint density at radius 1 is 1.44 bits per heavy atom. The summed E-state index contributed by atoms with van der Waals surface area (Å²) in [5, 5.41) is 15.5. The van der Waals surface area contributed by atoms with Crippen LogP contribution in [-0.4, -0.2) is 39.1 Å². The van der Waals surface area contributed by atoms with Crippen LogP contribution in [0.15, 0.2) is 39.2 Å². The number of nitrogens with zero attached hydrogens (tertiary/aromatic N) is 2. The predicted molar refractivity (Wildman–Crippen MR) is 108 cm³/mol. The standard InChI is InChI=1S/C18H18N4O3S2/c1-10-6-12(24)4-5-13(10)21-17-22-15(25)14(26-17)7-18(11-2-3-11)8-19-16(27-18)20-9-23/h4-9,11,16,24H,2-3H2,1H3,(H,20,23)(H,21,22,25)/b14-7-. The molecule has 2 aliphatic heterocycles. The van der Waals surface area contributed by atoms with Crippen molar-refractivity contribution in [3.05, 3.63) is 34.7 Å². The van der Waals surface area contributed by atoms with E-state index in [1.165, 1.54) is 11.8 Å². The zero-order valence-corrected chi connectivity index (χ0v) is 16.1. The lowest BCUT2D eigenvalue weighted by atomic mass is 10.0. The molecule has 140 valence electrons. The van der Waals surface area contributed by atoms with Gasteiger partial charge in [-0.2, -0.15) is 0 Å². The second-order valence-electron chi connectivity index (χ2n) is 6.61. The molecule has 3 aliphatic rings. The van der Waals surface area contributed by atoms with Crippen LogP contribution in [0.1, 0.15) is 18.4 Å². The van der Waals surface area contributed by atoms with E-state index in [4.69, 9.17) is 0 Å². The van der Waals surface area contributed by atoms with Gasteiger partial charge in [0.1, 0.15) is 5.75 Å². The Kier molecular flexibility index (Phi) is 4.73. The lowest BCUT2D eigenvalue weighted by molar-refractivity contribution is -0.115. The lowest BCUT2D eigenvalue weighted by Crippen LogP contribution is -2.29. The topological polar surface area (TPSA) is 103 Å². The molecule has 2 atom stereocenters. The first-order valence-corrected chi connectivity index (χ1v) is 10.2. The summed E-state index contributed by atoms with van der Waals surface area (Å²) in [6.45, 7) is 1.85. The highest BCUT2D eigenvalue weighted by atomic mass is 32.2. The van der Waals surface area contributed by atoms with Crippen LogP contribution >= 0.6 is 23.5 Å². The number of carbonyl (C=O) groups is 2. The fourth-order valence-electron chi connectivity index (χ4n) is 3.06. The van der Waals surface area contributed by atoms with E-state index in [9.17, 15) is 14.7 Å². The summed E-state index contributed by atoms with van der Waals surface area (Å²) in [6.07, 6.45) is 6.62. The molecule has 3 N–H and O–H groups in total. The van der Waals surface area contributed by atoms with E-state index in [1.54, 1.807) is 30.0 Å². The van der Waals surface area contributed by atoms with Crippen LogP contribution in [0.5, 0.6) is 5.75 Å². The van der Waals surface area contributed by atoms with Gasteiger partial charge in [-0.3, -0.25) is 14.6 Å². The molecule has 1 saturated heterocycles. The van der Waals surface area contributed by atoms with E-state index in [0.717, 1.165) is 18.4 Å². The highest BCUT2D eigenvalue weighted by molar-refractivity contribution is 8.18. The number of carbonyl (C=O) groups excluding carboxylic acids is 2. The summed E-state index contributed by atoms with van der Waals surface area (Å²) in [6, 6.07) is 4.91. The minimum Gasteiger partial charge on any atom is -0.508 e. The van der Waals surface area contributed by atoms with Crippen molar-refractivity contribution < 1.29 is 14.7 Å². The Labute approximate surface area is 164 Å². The Bertz CT molecular complexity index is 895. The molecule has 2 unspecified atom stereocenters. The number of amidine groups is 1. The number of aromatic hydroxyl groups is 1. The van der Waals surface area contributed by atoms with Gasteiger partial charge in [0, 0.05) is 6.21 Å². The molecule has 9 heteroatoms. The number of nitrogens with one attached hydrogen (secondary N) is 2. The molecule has 1 aromatic rings. The summed E-state index contributed by atoms with van der Waals surface area (Å²) in [7, 11) is 0. The van der Waals surface area contributed by atoms with Gasteiger partial charge in [-0.1, -0.05) is 11.8 Å². The second-order valence-corrected chi connectivity index (χ2v) is 9.03. The smallest absolute Gasteiger partial charge is 0.263 e. The van der Waals surface area contributed by atoms with Crippen LogP contribution in [0.25, 0.3) is 0 Å². The fraction of sp³-hybridized carbons (Fsp3) is 0.333. The number of aliphatic imine (C=N–C) groups is 2. The summed E-state index contributed by atoms with van der Waals surface area (Å²) >= 11 is 2.84. The SMILES string of the molecule is Cc1cc(O)ccc1N=C1NC(=O)/C(=C/C2(C3CC3)C=NC(NC=O)S2)S1. The molecule has 1 saturated carbocycles. The van der Waals surface area contributed by atoms with E-state index in [0.29, 0.717) is 28.1 Å². The van der Waals surface area contributed by atoms with E-state index in [1.807, 2.05) is 19.2 Å². The van der Waals surface area contributed by atoms with Crippen LogP contribution in [0.2, 0.25) is 0 Å². The third-order valence-corrected chi connectivity index (χ3v) is 6.92. The third kappa shape index (κ3) is 3.74. The highest BCUT2D eigenvalue weighted by Crippen LogP contribution is 2.52. The maximum absolute atomic E-state index is 12.4. The second kappa shape index (κ2) is 7.05. The van der Waals surface area contributed by atoms with Crippen molar-refractivity contribution in [2.75, 3.05) is 0 Å². The van der Waals surface area contributed by atoms with Gasteiger partial charge < -0.3 is 15.7 Å². The maximum atomic E-state index is 12.4. The minimum atomic E-state index is -0.371. The van der Waals surface area contributed by atoms with Crippen molar-refractivity contribution >= 4 is 52.9 Å². The quantitative estimate of drug-likeness (QED) is 0.518. The average Bonchev–Trinajstić information content (AvgIpc) is 3.33. The number of hydrogen-bond donors (Lipinski definition) is 3. The summed E-state index contributed by atoms with van der Waals surface area (Å²) < 4.78 is -0.371. The molecule has 27 heavy (non-hydrogen) atoms. The van der Waals surface area contributed by atoms with Gasteiger partial charge in [0.2, 0.25) is 6.41 Å². The van der Waals surface area contributed by atoms with Crippen LogP contribution in [0, 0.1) is 12.8 Å². The Morgan fingerprint density at radius 2 is 2.26 bits per heavy atom. The highest BCUT2D eigenvalue weighted by Gasteiger charge is 2.48. The van der Waals surface area contributed by atoms with Crippen molar-refractivity contribution in [1.82, 2.24) is 10.6 Å². The summed E-state index contributed by atoms with van der Waals surface area (Å²) in [4.78, 5) is 32.6. The molecule has 1 aliphatic carbocycles. The van der Waals surface area contributed by atoms with Crippen molar-refractivity contribution in [2.45, 2.75) is 30.0 Å². The molecule has 0 radical (unpaired) electrons. The molecule has 0 bridgehead atoms. The van der Waals surface area contributed by atoms with Gasteiger partial charge in [0.15, 0.2) is 10.7 Å². The maximum Gasteiger partial charge on any atom is 0.263 e. The molecule has 2 fully saturated rings. The summed E-state index contributed by atoms with van der Waals surface area (Å²) in [5.74, 6) is 0.421. The molecule has 0 spiro atoms. The molecule has 2 amide bonds. The molecular weight excluding hydrogens is 384 g/mol. The average molecular weight is 403 g/mol. The van der Waals surface area contributed by atoms with Gasteiger partial charge in [-0.15, -0.1) is 0 Å². The monoisotopic (exact) mass is 402 g/mol. The van der Waals surface area contributed by atoms with Crippen LogP contribution in [0.4, 0.5) is 5.69 Å². The molecule has 0 aromatic heterocycles. The number of phenolic OH excluding ortho intramolecular Hbond substituents is 1. The molecular formula is C18H18N4O3S2. The lowest BCUT2D eigenvalue weighted by Gasteiger charge is -2.22. The number of aryl methyl sites for hydroxylation is 1. The van der Waals surface area contributed by atoms with Gasteiger partial charge >= 0.3 is 0 Å². The van der Waals surface area contributed by atoms with Crippen molar-refractivity contribution in [1.29, 1.82) is 0 Å². The fourth-order valence-corrected chi connectivity index (χ4v) is 5.39. The molecule has 1 aromatic carbocycles. The van der Waals surface area contributed by atoms with E-state index in [2.05, 4.69) is 20.6 Å². The predicted octanol–water partition coefficient (Wildman–Crippen LogP) is 2.43. The number of amides is 2. The number of thioether (sulfide) groups is 2. The van der Waals surface area contributed by atoms with E-state index in [-0.39, 0.29) is 21.9 Å². The molecule has 2 heterocycles. The van der Waals surface area contributed by atoms with E-state index >= 15 is 0 Å². The van der Waals surface area contributed by atoms with Gasteiger partial charge in [0.05, 0.1) is 15.3 Å².